The summed E-state index contributed by atoms with van der Waals surface area (Å²) in [7, 11) is 0. The normalized spacial score (nSPS) is 15.0. The molecule has 0 unspecified atom stereocenters. The Morgan fingerprint density at radius 1 is 1.19 bits per heavy atom. The van der Waals surface area contributed by atoms with Crippen molar-refractivity contribution in [3.05, 3.63) is 48.3 Å². The van der Waals surface area contributed by atoms with E-state index < -0.39 is 0 Å². The Morgan fingerprint density at radius 2 is 1.81 bits per heavy atom. The highest BCUT2D eigenvalue weighted by atomic mass is 16.1. The maximum atomic E-state index is 12.6. The van der Waals surface area contributed by atoms with Crippen LogP contribution in [0.15, 0.2) is 42.7 Å². The summed E-state index contributed by atoms with van der Waals surface area (Å²) in [6.45, 7) is 9.16. The number of carbonyl (C=O) groups excluding carboxylic acids is 1. The number of benzene rings is 1. The first-order chi connectivity index (χ1) is 13.1. The lowest BCUT2D eigenvalue weighted by Gasteiger charge is -2.32. The van der Waals surface area contributed by atoms with Crippen LogP contribution in [0.3, 0.4) is 0 Å². The topological polar surface area (TPSA) is 61.4 Å². The Morgan fingerprint density at radius 3 is 2.37 bits per heavy atom. The van der Waals surface area contributed by atoms with Gasteiger partial charge in [0.25, 0.3) is 5.91 Å². The van der Waals surface area contributed by atoms with E-state index in [0.717, 1.165) is 44.1 Å². The van der Waals surface area contributed by atoms with E-state index in [1.54, 1.807) is 12.4 Å². The average molecular weight is 367 g/mol. The lowest BCUT2D eigenvalue weighted by Crippen LogP contribution is -2.45. The van der Waals surface area contributed by atoms with Crippen LogP contribution in [0, 0.1) is 0 Å². The summed E-state index contributed by atoms with van der Waals surface area (Å²) in [6.07, 6.45) is 5.33. The molecule has 1 saturated heterocycles. The SMILES string of the molecule is CCN(c1ccc(C(=O)NC2CCN(c3ncccn3)CC2)cc1)C(C)C. The maximum absolute atomic E-state index is 12.6. The molecule has 0 aliphatic carbocycles. The first-order valence-corrected chi connectivity index (χ1v) is 9.78. The molecule has 1 N–H and O–H groups in total. The molecular formula is C21H29N5O. The van der Waals surface area contributed by atoms with Crippen molar-refractivity contribution in [2.75, 3.05) is 29.4 Å². The van der Waals surface area contributed by atoms with E-state index in [9.17, 15) is 4.79 Å². The molecule has 1 amide bonds. The highest BCUT2D eigenvalue weighted by Gasteiger charge is 2.22. The number of carbonyl (C=O) groups is 1. The molecule has 2 aromatic rings. The molecule has 3 rings (SSSR count). The lowest BCUT2D eigenvalue weighted by molar-refractivity contribution is 0.0931. The molecule has 144 valence electrons. The molecule has 1 fully saturated rings. The monoisotopic (exact) mass is 367 g/mol. The highest BCUT2D eigenvalue weighted by molar-refractivity contribution is 5.94. The van der Waals surface area contributed by atoms with E-state index in [4.69, 9.17) is 0 Å². The smallest absolute Gasteiger partial charge is 0.251 e. The number of hydrogen-bond acceptors (Lipinski definition) is 5. The van der Waals surface area contributed by atoms with Crippen LogP contribution in [0.4, 0.5) is 11.6 Å². The van der Waals surface area contributed by atoms with E-state index in [1.165, 1.54) is 0 Å². The summed E-state index contributed by atoms with van der Waals surface area (Å²) in [6, 6.07) is 10.4. The third-order valence-electron chi connectivity index (χ3n) is 5.09. The van der Waals surface area contributed by atoms with Gasteiger partial charge >= 0.3 is 0 Å². The van der Waals surface area contributed by atoms with Crippen LogP contribution in [0.5, 0.6) is 0 Å². The molecular weight excluding hydrogens is 338 g/mol. The van der Waals surface area contributed by atoms with Crippen molar-refractivity contribution in [3.63, 3.8) is 0 Å². The fourth-order valence-electron chi connectivity index (χ4n) is 3.60. The molecule has 1 aliphatic heterocycles. The molecule has 0 atom stereocenters. The van der Waals surface area contributed by atoms with Gasteiger partial charge in [-0.05, 0) is 63.9 Å². The van der Waals surface area contributed by atoms with Gasteiger partial charge in [0.05, 0.1) is 0 Å². The van der Waals surface area contributed by atoms with E-state index >= 15 is 0 Å². The van der Waals surface area contributed by atoms with Gasteiger partial charge in [0.2, 0.25) is 5.95 Å². The Balaban J connectivity index is 1.54. The third-order valence-corrected chi connectivity index (χ3v) is 5.09. The number of nitrogens with zero attached hydrogens (tertiary/aromatic N) is 4. The molecule has 0 spiro atoms. The first-order valence-electron chi connectivity index (χ1n) is 9.78. The predicted molar refractivity (Wildman–Crippen MR) is 109 cm³/mol. The van der Waals surface area contributed by atoms with Crippen molar-refractivity contribution in [2.45, 2.75) is 45.7 Å². The molecule has 27 heavy (non-hydrogen) atoms. The molecule has 0 bridgehead atoms. The van der Waals surface area contributed by atoms with Gasteiger partial charge in [0.15, 0.2) is 0 Å². The molecule has 1 aromatic carbocycles. The van der Waals surface area contributed by atoms with Gasteiger partial charge in [0, 0.05) is 55.4 Å². The lowest BCUT2D eigenvalue weighted by atomic mass is 10.0. The Hall–Kier alpha value is -2.63. The summed E-state index contributed by atoms with van der Waals surface area (Å²) in [5, 5.41) is 3.17. The molecule has 0 saturated carbocycles. The summed E-state index contributed by atoms with van der Waals surface area (Å²) < 4.78 is 0. The van der Waals surface area contributed by atoms with Gasteiger partial charge < -0.3 is 15.1 Å². The second kappa shape index (κ2) is 8.84. The zero-order chi connectivity index (χ0) is 19.2. The van der Waals surface area contributed by atoms with E-state index in [0.29, 0.717) is 11.6 Å². The number of nitrogens with one attached hydrogen (secondary N) is 1. The van der Waals surface area contributed by atoms with Crippen LogP contribution in [0.25, 0.3) is 0 Å². The van der Waals surface area contributed by atoms with Gasteiger partial charge in [-0.25, -0.2) is 9.97 Å². The van der Waals surface area contributed by atoms with Gasteiger partial charge in [-0.15, -0.1) is 0 Å². The number of piperidine rings is 1. The van der Waals surface area contributed by atoms with Crippen LogP contribution < -0.4 is 15.1 Å². The third kappa shape index (κ3) is 4.76. The second-order valence-corrected chi connectivity index (χ2v) is 7.21. The summed E-state index contributed by atoms with van der Waals surface area (Å²) in [5.74, 6) is 0.770. The summed E-state index contributed by atoms with van der Waals surface area (Å²) in [5.41, 5.74) is 1.87. The minimum absolute atomic E-state index is 0.00329. The Kier molecular flexibility index (Phi) is 6.27. The molecule has 2 heterocycles. The van der Waals surface area contributed by atoms with E-state index in [2.05, 4.69) is 45.9 Å². The van der Waals surface area contributed by atoms with Crippen LogP contribution in [0.1, 0.15) is 44.0 Å². The highest BCUT2D eigenvalue weighted by Crippen LogP contribution is 2.19. The molecule has 6 heteroatoms. The number of anilines is 2. The number of hydrogen-bond donors (Lipinski definition) is 1. The number of rotatable bonds is 6. The zero-order valence-electron chi connectivity index (χ0n) is 16.4. The zero-order valence-corrected chi connectivity index (χ0v) is 16.4. The molecule has 1 aliphatic rings. The van der Waals surface area contributed by atoms with Crippen LogP contribution in [-0.4, -0.2) is 47.6 Å². The van der Waals surface area contributed by atoms with Crippen LogP contribution >= 0.6 is 0 Å². The van der Waals surface area contributed by atoms with Crippen LogP contribution in [0.2, 0.25) is 0 Å². The van der Waals surface area contributed by atoms with E-state index in [-0.39, 0.29) is 11.9 Å². The predicted octanol–water partition coefficient (Wildman–Crippen LogP) is 3.11. The largest absolute Gasteiger partial charge is 0.369 e. The van der Waals surface area contributed by atoms with Crippen molar-refractivity contribution in [3.8, 4) is 0 Å². The number of amides is 1. The number of aromatic nitrogens is 2. The minimum Gasteiger partial charge on any atom is -0.369 e. The summed E-state index contributed by atoms with van der Waals surface area (Å²) in [4.78, 5) is 25.7. The minimum atomic E-state index is 0.00329. The Bertz CT molecular complexity index is 724. The first kappa shape index (κ1) is 19.1. The van der Waals surface area contributed by atoms with E-state index in [1.807, 2.05) is 30.3 Å². The molecule has 6 nitrogen and oxygen atoms in total. The van der Waals surface area contributed by atoms with Gasteiger partial charge in [0.1, 0.15) is 0 Å². The van der Waals surface area contributed by atoms with Crippen molar-refractivity contribution >= 4 is 17.5 Å². The quantitative estimate of drug-likeness (QED) is 0.850. The Labute approximate surface area is 161 Å². The van der Waals surface area contributed by atoms with Crippen molar-refractivity contribution in [1.29, 1.82) is 0 Å². The standard InChI is InChI=1S/C21H29N5O/c1-4-26(16(2)3)19-8-6-17(7-9-19)20(27)24-18-10-14-25(15-11-18)21-22-12-5-13-23-21/h5-9,12-13,16,18H,4,10-11,14-15H2,1-3H3,(H,24,27). The summed E-state index contributed by atoms with van der Waals surface area (Å²) >= 11 is 0. The maximum Gasteiger partial charge on any atom is 0.251 e. The average Bonchev–Trinajstić information content (AvgIpc) is 2.70. The van der Waals surface area contributed by atoms with Crippen molar-refractivity contribution in [2.24, 2.45) is 0 Å². The van der Waals surface area contributed by atoms with Gasteiger partial charge in [-0.3, -0.25) is 4.79 Å². The van der Waals surface area contributed by atoms with Crippen molar-refractivity contribution in [1.82, 2.24) is 15.3 Å². The second-order valence-electron chi connectivity index (χ2n) is 7.21. The van der Waals surface area contributed by atoms with Gasteiger partial charge in [-0.1, -0.05) is 0 Å². The molecule has 1 aromatic heterocycles. The van der Waals surface area contributed by atoms with Gasteiger partial charge in [-0.2, -0.15) is 0 Å². The van der Waals surface area contributed by atoms with Crippen LogP contribution in [-0.2, 0) is 0 Å². The fraction of sp³-hybridized carbons (Fsp3) is 0.476. The molecule has 0 radical (unpaired) electrons. The van der Waals surface area contributed by atoms with Crippen molar-refractivity contribution < 1.29 is 4.79 Å². The fourth-order valence-corrected chi connectivity index (χ4v) is 3.60.